The normalized spacial score (nSPS) is 11.6. The van der Waals surface area contributed by atoms with E-state index in [4.69, 9.17) is 6.42 Å². The van der Waals surface area contributed by atoms with E-state index in [1.807, 2.05) is 6.07 Å². The Hall–Kier alpha value is -1.68. The van der Waals surface area contributed by atoms with Crippen LogP contribution in [0.1, 0.15) is 38.2 Å². The highest BCUT2D eigenvalue weighted by atomic mass is 14.9. The number of hydrogen-bond donors (Lipinski definition) is 1. The lowest BCUT2D eigenvalue weighted by molar-refractivity contribution is 0.509. The summed E-state index contributed by atoms with van der Waals surface area (Å²) in [6, 6.07) is 11.0. The highest BCUT2D eigenvalue weighted by molar-refractivity contribution is 5.16. The van der Waals surface area contributed by atoms with Crippen molar-refractivity contribution in [2.45, 2.75) is 45.1 Å². The third kappa shape index (κ3) is 5.59. The second-order valence-electron chi connectivity index (χ2n) is 4.58. The van der Waals surface area contributed by atoms with Gasteiger partial charge in [0.25, 0.3) is 0 Å². The molecule has 0 amide bonds. The lowest BCUT2D eigenvalue weighted by atomic mass is 10.1. The molecule has 1 nitrogen and oxygen atoms in total. The van der Waals surface area contributed by atoms with E-state index in [0.717, 1.165) is 37.8 Å². The molecule has 1 rings (SSSR count). The minimum Gasteiger partial charge on any atom is -0.386 e. The number of benzene rings is 1. The van der Waals surface area contributed by atoms with Gasteiger partial charge < -0.3 is 5.32 Å². The Bertz CT molecular complexity index is 386. The van der Waals surface area contributed by atoms with Gasteiger partial charge in [-0.1, -0.05) is 43.8 Å². The van der Waals surface area contributed by atoms with Gasteiger partial charge in [0, 0.05) is 18.2 Å². The third-order valence-electron chi connectivity index (χ3n) is 3.10. The molecule has 96 valence electrons. The van der Waals surface area contributed by atoms with Crippen LogP contribution in [0.2, 0.25) is 0 Å². The Morgan fingerprint density at radius 1 is 1.39 bits per heavy atom. The molecule has 0 aliphatic heterocycles. The fourth-order valence-corrected chi connectivity index (χ4v) is 1.94. The largest absolute Gasteiger partial charge is 0.386 e. The average molecular weight is 241 g/mol. The van der Waals surface area contributed by atoms with Crippen LogP contribution in [0.25, 0.3) is 0 Å². The van der Waals surface area contributed by atoms with Crippen LogP contribution >= 0.6 is 0 Å². The van der Waals surface area contributed by atoms with E-state index in [0.29, 0.717) is 6.04 Å². The van der Waals surface area contributed by atoms with Gasteiger partial charge in [0.15, 0.2) is 0 Å². The Labute approximate surface area is 111 Å². The Kier molecular flexibility index (Phi) is 6.72. The zero-order valence-corrected chi connectivity index (χ0v) is 11.3. The molecule has 0 aliphatic rings. The second-order valence-corrected chi connectivity index (χ2v) is 4.58. The van der Waals surface area contributed by atoms with Crippen molar-refractivity contribution >= 4 is 0 Å². The maximum absolute atomic E-state index is 5.30. The van der Waals surface area contributed by atoms with Crippen LogP contribution in [-0.2, 0) is 6.42 Å². The molecule has 1 unspecified atom stereocenters. The summed E-state index contributed by atoms with van der Waals surface area (Å²) in [5.74, 6) is 2.69. The summed E-state index contributed by atoms with van der Waals surface area (Å²) in [6.07, 6.45) is 10.3. The van der Waals surface area contributed by atoms with Crippen molar-refractivity contribution in [1.29, 1.82) is 0 Å². The summed E-state index contributed by atoms with van der Waals surface area (Å²) in [6.45, 7) is 6.28. The van der Waals surface area contributed by atoms with Gasteiger partial charge in [-0.25, -0.2) is 0 Å². The monoisotopic (exact) mass is 241 g/mol. The third-order valence-corrected chi connectivity index (χ3v) is 3.10. The zero-order valence-electron chi connectivity index (χ0n) is 11.3. The summed E-state index contributed by atoms with van der Waals surface area (Å²) in [5, 5.41) is 3.48. The molecule has 1 atom stereocenters. The summed E-state index contributed by atoms with van der Waals surface area (Å²) < 4.78 is 0. The smallest absolute Gasteiger partial charge is 0.0264 e. The van der Waals surface area contributed by atoms with E-state index in [1.165, 1.54) is 5.56 Å². The fourth-order valence-electron chi connectivity index (χ4n) is 1.94. The molecule has 0 aromatic heterocycles. The second kappa shape index (κ2) is 8.42. The number of rotatable bonds is 8. The van der Waals surface area contributed by atoms with Gasteiger partial charge in [-0.15, -0.1) is 12.3 Å². The minimum absolute atomic E-state index is 0.462. The van der Waals surface area contributed by atoms with E-state index in [9.17, 15) is 0 Å². The van der Waals surface area contributed by atoms with E-state index in [-0.39, 0.29) is 0 Å². The molecule has 0 saturated heterocycles. The Balaban J connectivity index is 2.30. The van der Waals surface area contributed by atoms with Gasteiger partial charge in [0.2, 0.25) is 0 Å². The van der Waals surface area contributed by atoms with Crippen LogP contribution in [0.3, 0.4) is 0 Å². The Morgan fingerprint density at radius 3 is 2.72 bits per heavy atom. The first-order valence-electron chi connectivity index (χ1n) is 6.68. The summed E-state index contributed by atoms with van der Waals surface area (Å²) in [4.78, 5) is 0. The number of nitrogens with one attached hydrogen (secondary N) is 1. The topological polar surface area (TPSA) is 12.0 Å². The molecule has 1 aromatic carbocycles. The van der Waals surface area contributed by atoms with E-state index in [1.54, 1.807) is 0 Å². The zero-order chi connectivity index (χ0) is 13.2. The Morgan fingerprint density at radius 2 is 2.11 bits per heavy atom. The molecule has 0 fully saturated rings. The lowest BCUT2D eigenvalue weighted by Crippen LogP contribution is -2.27. The number of terminal acetylenes is 1. The molecule has 0 bridgehead atoms. The summed E-state index contributed by atoms with van der Waals surface area (Å²) in [5.41, 5.74) is 2.47. The fraction of sp³-hybridized carbons (Fsp3) is 0.412. The van der Waals surface area contributed by atoms with Crippen LogP contribution in [0.15, 0.2) is 42.6 Å². The van der Waals surface area contributed by atoms with Crippen molar-refractivity contribution in [3.05, 3.63) is 48.2 Å². The first-order valence-corrected chi connectivity index (χ1v) is 6.68. The van der Waals surface area contributed by atoms with Crippen LogP contribution in [0, 0.1) is 12.3 Å². The van der Waals surface area contributed by atoms with Gasteiger partial charge in [0.1, 0.15) is 0 Å². The maximum atomic E-state index is 5.30. The summed E-state index contributed by atoms with van der Waals surface area (Å²) >= 11 is 0. The molecule has 0 radical (unpaired) electrons. The predicted octanol–water partition coefficient (Wildman–Crippen LogP) is 3.91. The first-order chi connectivity index (χ1) is 8.76. The molecule has 0 heterocycles. The number of hydrogen-bond acceptors (Lipinski definition) is 1. The molecule has 0 aliphatic carbocycles. The lowest BCUT2D eigenvalue weighted by Gasteiger charge is -2.19. The minimum atomic E-state index is 0.462. The molecular formula is C17H23N. The highest BCUT2D eigenvalue weighted by Crippen LogP contribution is 2.09. The maximum Gasteiger partial charge on any atom is 0.0264 e. The van der Waals surface area contributed by atoms with Crippen molar-refractivity contribution in [1.82, 2.24) is 5.32 Å². The summed E-state index contributed by atoms with van der Waals surface area (Å²) in [7, 11) is 0. The number of aryl methyl sites for hydroxylation is 1. The van der Waals surface area contributed by atoms with Crippen molar-refractivity contribution in [2.75, 3.05) is 0 Å². The molecule has 1 aromatic rings. The highest BCUT2D eigenvalue weighted by Gasteiger charge is 2.05. The molecule has 1 heteroatoms. The number of allylic oxidation sites excluding steroid dienone is 1. The van der Waals surface area contributed by atoms with Crippen LogP contribution in [0.4, 0.5) is 0 Å². The quantitative estimate of drug-likeness (QED) is 0.680. The van der Waals surface area contributed by atoms with E-state index in [2.05, 4.69) is 49.0 Å². The van der Waals surface area contributed by atoms with Crippen LogP contribution in [0.5, 0.6) is 0 Å². The molecule has 0 spiro atoms. The molecule has 0 saturated carbocycles. The van der Waals surface area contributed by atoms with Gasteiger partial charge in [0.05, 0.1) is 0 Å². The van der Waals surface area contributed by atoms with E-state index >= 15 is 0 Å². The van der Waals surface area contributed by atoms with E-state index < -0.39 is 0 Å². The van der Waals surface area contributed by atoms with Gasteiger partial charge in [-0.2, -0.15) is 0 Å². The van der Waals surface area contributed by atoms with Crippen LogP contribution < -0.4 is 5.32 Å². The van der Waals surface area contributed by atoms with Crippen molar-refractivity contribution in [3.63, 3.8) is 0 Å². The molecular weight excluding hydrogens is 218 g/mol. The predicted molar refractivity (Wildman–Crippen MR) is 79.2 cm³/mol. The SMILES string of the molecule is C#CCCC(CC)NC(=C)CCc1ccccc1. The standard InChI is InChI=1S/C17H23N/c1-4-6-12-17(5-2)18-15(3)13-14-16-10-8-7-9-11-16/h1,7-11,17-18H,3,5-6,12-14H2,2H3. The van der Waals surface area contributed by atoms with Crippen molar-refractivity contribution in [3.8, 4) is 12.3 Å². The van der Waals surface area contributed by atoms with Crippen LogP contribution in [-0.4, -0.2) is 6.04 Å². The van der Waals surface area contributed by atoms with Gasteiger partial charge in [-0.05, 0) is 31.2 Å². The van der Waals surface area contributed by atoms with Gasteiger partial charge >= 0.3 is 0 Å². The van der Waals surface area contributed by atoms with Crippen molar-refractivity contribution < 1.29 is 0 Å². The molecule has 1 N–H and O–H groups in total. The average Bonchev–Trinajstić information content (AvgIpc) is 2.42. The van der Waals surface area contributed by atoms with Crippen molar-refractivity contribution in [2.24, 2.45) is 0 Å². The first kappa shape index (κ1) is 14.4. The van der Waals surface area contributed by atoms with Gasteiger partial charge in [-0.3, -0.25) is 0 Å². The molecule has 18 heavy (non-hydrogen) atoms.